The molecule has 1 aliphatic heterocycles. The van der Waals surface area contributed by atoms with Gasteiger partial charge in [-0.1, -0.05) is 34.1 Å². The molecule has 1 unspecified atom stereocenters. The van der Waals surface area contributed by atoms with Crippen LogP contribution in [0.4, 0.5) is 0 Å². The molecule has 1 aliphatic rings. The Morgan fingerprint density at radius 2 is 1.66 bits per heavy atom. The van der Waals surface area contributed by atoms with Gasteiger partial charge in [0, 0.05) is 16.2 Å². The van der Waals surface area contributed by atoms with Crippen LogP contribution in [0.3, 0.4) is 0 Å². The highest BCUT2D eigenvalue weighted by atomic mass is 79.9. The first-order chi connectivity index (χ1) is 16.9. The number of benzene rings is 2. The van der Waals surface area contributed by atoms with Crippen molar-refractivity contribution in [2.24, 2.45) is 0 Å². The van der Waals surface area contributed by atoms with Gasteiger partial charge < -0.3 is 24.2 Å². The third-order valence-corrected chi connectivity index (χ3v) is 6.25. The minimum Gasteiger partial charge on any atom is -0.507 e. The average molecular weight is 539 g/mol. The number of ether oxygens (including phenoxy) is 3. The molecule has 8 nitrogen and oxygen atoms in total. The van der Waals surface area contributed by atoms with Gasteiger partial charge in [-0.3, -0.25) is 14.6 Å². The number of methoxy groups -OCH3 is 3. The van der Waals surface area contributed by atoms with Crippen LogP contribution in [0.25, 0.3) is 5.76 Å². The van der Waals surface area contributed by atoms with Crippen LogP contribution in [0.5, 0.6) is 17.2 Å². The molecule has 0 radical (unpaired) electrons. The van der Waals surface area contributed by atoms with Crippen molar-refractivity contribution < 1.29 is 28.9 Å². The van der Waals surface area contributed by atoms with Crippen LogP contribution in [-0.2, 0) is 16.1 Å². The molecule has 0 bridgehead atoms. The third-order valence-electron chi connectivity index (χ3n) is 5.72. The zero-order chi connectivity index (χ0) is 25.1. The predicted molar refractivity (Wildman–Crippen MR) is 132 cm³/mol. The van der Waals surface area contributed by atoms with E-state index in [9.17, 15) is 14.7 Å². The number of amides is 1. The van der Waals surface area contributed by atoms with E-state index in [4.69, 9.17) is 14.2 Å². The van der Waals surface area contributed by atoms with Crippen molar-refractivity contribution in [2.45, 2.75) is 12.6 Å². The quantitative estimate of drug-likeness (QED) is 0.268. The van der Waals surface area contributed by atoms with Gasteiger partial charge in [0.2, 0.25) is 5.75 Å². The number of Topliss-reactive ketones (excluding diaryl/α,β-unsaturated/α-hetero) is 1. The second kappa shape index (κ2) is 10.2. The first-order valence-electron chi connectivity index (χ1n) is 10.6. The summed E-state index contributed by atoms with van der Waals surface area (Å²) in [5, 5.41) is 11.2. The zero-order valence-electron chi connectivity index (χ0n) is 19.3. The maximum Gasteiger partial charge on any atom is 0.296 e. The summed E-state index contributed by atoms with van der Waals surface area (Å²) in [5.41, 5.74) is 1.47. The van der Waals surface area contributed by atoms with E-state index in [0.29, 0.717) is 34.1 Å². The van der Waals surface area contributed by atoms with Crippen LogP contribution >= 0.6 is 15.9 Å². The van der Waals surface area contributed by atoms with E-state index in [1.807, 2.05) is 0 Å². The summed E-state index contributed by atoms with van der Waals surface area (Å²) in [6.07, 6.45) is 1.61. The van der Waals surface area contributed by atoms with E-state index < -0.39 is 17.7 Å². The van der Waals surface area contributed by atoms with Gasteiger partial charge in [0.1, 0.15) is 5.76 Å². The highest BCUT2D eigenvalue weighted by Gasteiger charge is 2.46. The summed E-state index contributed by atoms with van der Waals surface area (Å²) in [5.74, 6) is -0.734. The van der Waals surface area contributed by atoms with Crippen molar-refractivity contribution in [1.82, 2.24) is 9.88 Å². The average Bonchev–Trinajstić information content (AvgIpc) is 3.13. The van der Waals surface area contributed by atoms with Gasteiger partial charge in [-0.25, -0.2) is 0 Å². The largest absolute Gasteiger partial charge is 0.507 e. The number of nitrogens with zero attached hydrogens (tertiary/aromatic N) is 2. The number of aliphatic hydroxyl groups excluding tert-OH is 1. The molecule has 2 aromatic carbocycles. The summed E-state index contributed by atoms with van der Waals surface area (Å²) in [6, 6.07) is 14.6. The Bertz CT molecular complexity index is 1270. The molecule has 0 saturated carbocycles. The van der Waals surface area contributed by atoms with E-state index in [-0.39, 0.29) is 17.9 Å². The van der Waals surface area contributed by atoms with Gasteiger partial charge >= 0.3 is 0 Å². The molecule has 1 amide bonds. The summed E-state index contributed by atoms with van der Waals surface area (Å²) >= 11 is 3.37. The summed E-state index contributed by atoms with van der Waals surface area (Å²) < 4.78 is 17.2. The SMILES string of the molecule is COc1cc(C2/C(=C(\O)c3ccc(Br)cc3)C(=O)C(=O)N2Cc2ccccn2)cc(OC)c1OC. The third kappa shape index (κ3) is 4.59. The van der Waals surface area contributed by atoms with E-state index in [1.165, 1.54) is 26.2 Å². The first-order valence-corrected chi connectivity index (χ1v) is 11.4. The van der Waals surface area contributed by atoms with Crippen LogP contribution in [-0.4, -0.2) is 48.0 Å². The normalized spacial score (nSPS) is 16.9. The molecule has 0 aliphatic carbocycles. The molecular weight excluding hydrogens is 516 g/mol. The monoisotopic (exact) mass is 538 g/mol. The summed E-state index contributed by atoms with van der Waals surface area (Å²) in [6.45, 7) is 0.0594. The molecule has 4 rings (SSSR count). The lowest BCUT2D eigenvalue weighted by molar-refractivity contribution is -0.140. The molecule has 180 valence electrons. The number of aromatic nitrogens is 1. The Balaban J connectivity index is 1.94. The fraction of sp³-hybridized carbons (Fsp3) is 0.192. The predicted octanol–water partition coefficient (Wildman–Crippen LogP) is 4.49. The van der Waals surface area contributed by atoms with Crippen LogP contribution in [0.2, 0.25) is 0 Å². The lowest BCUT2D eigenvalue weighted by Gasteiger charge is -2.26. The number of halogens is 1. The highest BCUT2D eigenvalue weighted by Crippen LogP contribution is 2.46. The topological polar surface area (TPSA) is 98.2 Å². The minimum absolute atomic E-state index is 0.0393. The van der Waals surface area contributed by atoms with E-state index in [2.05, 4.69) is 20.9 Å². The van der Waals surface area contributed by atoms with Crippen LogP contribution in [0.15, 0.2) is 70.8 Å². The molecule has 0 spiro atoms. The smallest absolute Gasteiger partial charge is 0.296 e. The van der Waals surface area contributed by atoms with Gasteiger partial charge in [-0.05, 0) is 42.0 Å². The van der Waals surface area contributed by atoms with E-state index in [0.717, 1.165) is 4.47 Å². The first kappa shape index (κ1) is 24.3. The molecule has 35 heavy (non-hydrogen) atoms. The number of hydrogen-bond acceptors (Lipinski definition) is 7. The molecule has 9 heteroatoms. The van der Waals surface area contributed by atoms with Gasteiger partial charge in [-0.2, -0.15) is 0 Å². The van der Waals surface area contributed by atoms with Gasteiger partial charge in [0.25, 0.3) is 11.7 Å². The minimum atomic E-state index is -0.922. The molecular formula is C26H23BrN2O6. The van der Waals surface area contributed by atoms with Crippen molar-refractivity contribution in [3.63, 3.8) is 0 Å². The number of pyridine rings is 1. The molecule has 2 heterocycles. The maximum absolute atomic E-state index is 13.3. The summed E-state index contributed by atoms with van der Waals surface area (Å²) in [4.78, 5) is 32.2. The van der Waals surface area contributed by atoms with Crippen LogP contribution < -0.4 is 14.2 Å². The molecule has 3 aromatic rings. The summed E-state index contributed by atoms with van der Waals surface area (Å²) in [7, 11) is 4.45. The second-order valence-electron chi connectivity index (χ2n) is 7.71. The number of hydrogen-bond donors (Lipinski definition) is 1. The lowest BCUT2D eigenvalue weighted by Crippen LogP contribution is -2.29. The molecule has 1 fully saturated rings. The van der Waals surface area contributed by atoms with Gasteiger partial charge in [-0.15, -0.1) is 0 Å². The Morgan fingerprint density at radius 3 is 2.20 bits per heavy atom. The Morgan fingerprint density at radius 1 is 1.00 bits per heavy atom. The Labute approximate surface area is 210 Å². The van der Waals surface area contributed by atoms with Gasteiger partial charge in [0.05, 0.1) is 45.2 Å². The fourth-order valence-corrected chi connectivity index (χ4v) is 4.34. The standard InChI is InChI=1S/C26H23BrN2O6/c1-33-19-12-16(13-20(34-2)25(19)35-3)22-21(23(30)15-7-9-17(27)10-8-15)24(31)26(32)29(22)14-18-6-4-5-11-28-18/h4-13,22,30H,14H2,1-3H3/b23-21+. The van der Waals surface area contributed by atoms with Gasteiger partial charge in [0.15, 0.2) is 11.5 Å². The van der Waals surface area contributed by atoms with Crippen LogP contribution in [0, 0.1) is 0 Å². The number of rotatable bonds is 7. The molecule has 1 aromatic heterocycles. The van der Waals surface area contributed by atoms with Crippen molar-refractivity contribution >= 4 is 33.4 Å². The second-order valence-corrected chi connectivity index (χ2v) is 8.63. The molecule has 1 N–H and O–H groups in total. The Hall–Kier alpha value is -3.85. The number of ketones is 1. The molecule has 1 saturated heterocycles. The van der Waals surface area contributed by atoms with Crippen molar-refractivity contribution in [3.8, 4) is 17.2 Å². The van der Waals surface area contributed by atoms with Crippen LogP contribution in [0.1, 0.15) is 22.9 Å². The van der Waals surface area contributed by atoms with Crippen molar-refractivity contribution in [3.05, 3.63) is 87.7 Å². The maximum atomic E-state index is 13.3. The lowest BCUT2D eigenvalue weighted by atomic mass is 9.94. The van der Waals surface area contributed by atoms with Crippen molar-refractivity contribution in [2.75, 3.05) is 21.3 Å². The van der Waals surface area contributed by atoms with E-state index >= 15 is 0 Å². The highest BCUT2D eigenvalue weighted by molar-refractivity contribution is 9.10. The number of carbonyl (C=O) groups excluding carboxylic acids is 2. The number of carbonyl (C=O) groups is 2. The Kier molecular flexibility index (Phi) is 7.07. The zero-order valence-corrected chi connectivity index (χ0v) is 20.9. The molecule has 1 atom stereocenters. The van der Waals surface area contributed by atoms with Crippen molar-refractivity contribution in [1.29, 1.82) is 0 Å². The number of likely N-dealkylation sites (tertiary alicyclic amines) is 1. The van der Waals surface area contributed by atoms with E-state index in [1.54, 1.807) is 60.8 Å². The fourth-order valence-electron chi connectivity index (χ4n) is 4.08. The number of aliphatic hydroxyl groups is 1.